The number of aliphatic hydroxyl groups is 1. The summed E-state index contributed by atoms with van der Waals surface area (Å²) in [5, 5.41) is 11.4. The molecule has 0 bridgehead atoms. The molecule has 0 atom stereocenters. The van der Waals surface area contributed by atoms with Crippen LogP contribution in [0, 0.1) is 13.8 Å². The molecule has 2 aromatic rings. The van der Waals surface area contributed by atoms with Gasteiger partial charge in [-0.2, -0.15) is 0 Å². The van der Waals surface area contributed by atoms with Gasteiger partial charge in [0.2, 0.25) is 0 Å². The van der Waals surface area contributed by atoms with Gasteiger partial charge in [-0.3, -0.25) is 0 Å². The molecule has 1 nitrogen and oxygen atoms in total. The van der Waals surface area contributed by atoms with Crippen LogP contribution in [0.2, 0.25) is 0 Å². The van der Waals surface area contributed by atoms with Crippen molar-refractivity contribution in [2.45, 2.75) is 20.5 Å². The maximum Gasteiger partial charge on any atom is 0.0688 e. The van der Waals surface area contributed by atoms with Gasteiger partial charge in [0, 0.05) is 4.88 Å². The Kier molecular flexibility index (Phi) is 2.89. The molecule has 0 saturated heterocycles. The third-order valence-corrected chi connectivity index (χ3v) is 3.51. The number of hydrogen-bond acceptors (Lipinski definition) is 2. The van der Waals surface area contributed by atoms with Crippen LogP contribution in [0.4, 0.5) is 0 Å². The Hall–Kier alpha value is -1.12. The Balaban J connectivity index is 2.55. The van der Waals surface area contributed by atoms with Gasteiger partial charge in [-0.05, 0) is 42.0 Å². The Bertz CT molecular complexity index is 471. The minimum absolute atomic E-state index is 0.104. The minimum atomic E-state index is 0.104. The van der Waals surface area contributed by atoms with Crippen LogP contribution in [-0.2, 0) is 6.61 Å². The van der Waals surface area contributed by atoms with Crippen molar-refractivity contribution in [2.75, 3.05) is 0 Å². The largest absolute Gasteiger partial charge is 0.392 e. The van der Waals surface area contributed by atoms with Crippen LogP contribution in [0.25, 0.3) is 10.4 Å². The highest BCUT2D eigenvalue weighted by atomic mass is 32.1. The molecule has 0 unspecified atom stereocenters. The second-order valence-electron chi connectivity index (χ2n) is 3.81. The van der Waals surface area contributed by atoms with Gasteiger partial charge < -0.3 is 5.11 Å². The average molecular weight is 218 g/mol. The van der Waals surface area contributed by atoms with E-state index in [1.54, 1.807) is 11.3 Å². The van der Waals surface area contributed by atoms with Gasteiger partial charge >= 0.3 is 0 Å². The van der Waals surface area contributed by atoms with Crippen LogP contribution in [0.5, 0.6) is 0 Å². The first-order valence-corrected chi connectivity index (χ1v) is 5.84. The van der Waals surface area contributed by atoms with Gasteiger partial charge in [0.25, 0.3) is 0 Å². The van der Waals surface area contributed by atoms with E-state index in [9.17, 15) is 5.11 Å². The molecule has 2 rings (SSSR count). The van der Waals surface area contributed by atoms with E-state index in [2.05, 4.69) is 31.4 Å². The summed E-state index contributed by atoms with van der Waals surface area (Å²) >= 11 is 1.73. The molecular formula is C13H14OS. The quantitative estimate of drug-likeness (QED) is 0.817. The summed E-state index contributed by atoms with van der Waals surface area (Å²) in [6, 6.07) is 8.34. The first-order chi connectivity index (χ1) is 7.20. The summed E-state index contributed by atoms with van der Waals surface area (Å²) in [6.07, 6.45) is 0. The summed E-state index contributed by atoms with van der Waals surface area (Å²) in [5.41, 5.74) is 4.67. The van der Waals surface area contributed by atoms with E-state index in [0.717, 1.165) is 11.1 Å². The first kappa shape index (κ1) is 10.4. The molecule has 15 heavy (non-hydrogen) atoms. The number of aryl methyl sites for hydroxylation is 2. The maximum absolute atomic E-state index is 9.28. The fourth-order valence-corrected chi connectivity index (χ4v) is 2.58. The molecular weight excluding hydrogens is 204 g/mol. The summed E-state index contributed by atoms with van der Waals surface area (Å²) in [6.45, 7) is 4.27. The standard InChI is InChI=1S/C13H14OS/c1-9-3-4-11(7-14)12(5-9)13-6-10(2)8-15-13/h3-6,8,14H,7H2,1-2H3. The molecule has 0 aliphatic heterocycles. The highest BCUT2D eigenvalue weighted by molar-refractivity contribution is 7.13. The van der Waals surface area contributed by atoms with Crippen molar-refractivity contribution in [3.63, 3.8) is 0 Å². The molecule has 1 N–H and O–H groups in total. The van der Waals surface area contributed by atoms with E-state index < -0.39 is 0 Å². The number of thiophene rings is 1. The van der Waals surface area contributed by atoms with Crippen LogP contribution >= 0.6 is 11.3 Å². The molecule has 0 spiro atoms. The van der Waals surface area contributed by atoms with Gasteiger partial charge in [-0.25, -0.2) is 0 Å². The Morgan fingerprint density at radius 1 is 1.13 bits per heavy atom. The molecule has 78 valence electrons. The topological polar surface area (TPSA) is 20.2 Å². The lowest BCUT2D eigenvalue weighted by atomic mass is 10.0. The van der Waals surface area contributed by atoms with Crippen molar-refractivity contribution in [3.05, 3.63) is 46.3 Å². The lowest BCUT2D eigenvalue weighted by Crippen LogP contribution is -1.88. The Morgan fingerprint density at radius 3 is 2.53 bits per heavy atom. The highest BCUT2D eigenvalue weighted by Crippen LogP contribution is 2.30. The normalized spacial score (nSPS) is 10.6. The zero-order valence-corrected chi connectivity index (χ0v) is 9.77. The zero-order chi connectivity index (χ0) is 10.8. The third-order valence-electron chi connectivity index (χ3n) is 2.43. The molecule has 0 radical (unpaired) electrons. The Labute approximate surface area is 94.0 Å². The van der Waals surface area contributed by atoms with Crippen molar-refractivity contribution in [3.8, 4) is 10.4 Å². The van der Waals surface area contributed by atoms with Crippen molar-refractivity contribution in [1.29, 1.82) is 0 Å². The first-order valence-electron chi connectivity index (χ1n) is 4.96. The molecule has 2 heteroatoms. The van der Waals surface area contributed by atoms with Crippen molar-refractivity contribution < 1.29 is 5.11 Å². The second kappa shape index (κ2) is 4.17. The Morgan fingerprint density at radius 2 is 1.93 bits per heavy atom. The molecule has 1 heterocycles. The van der Waals surface area contributed by atoms with E-state index in [1.807, 2.05) is 12.1 Å². The van der Waals surface area contributed by atoms with Gasteiger partial charge in [-0.1, -0.05) is 23.8 Å². The van der Waals surface area contributed by atoms with Gasteiger partial charge in [0.05, 0.1) is 6.61 Å². The predicted molar refractivity (Wildman–Crippen MR) is 65.2 cm³/mol. The summed E-state index contributed by atoms with van der Waals surface area (Å²) in [5.74, 6) is 0. The molecule has 0 fully saturated rings. The molecule has 1 aromatic carbocycles. The van der Waals surface area contributed by atoms with Crippen LogP contribution in [0.3, 0.4) is 0 Å². The van der Waals surface area contributed by atoms with Gasteiger partial charge in [0.15, 0.2) is 0 Å². The monoisotopic (exact) mass is 218 g/mol. The van der Waals surface area contributed by atoms with Crippen molar-refractivity contribution in [2.24, 2.45) is 0 Å². The van der Waals surface area contributed by atoms with Crippen LogP contribution < -0.4 is 0 Å². The van der Waals surface area contributed by atoms with Crippen LogP contribution in [-0.4, -0.2) is 5.11 Å². The smallest absolute Gasteiger partial charge is 0.0688 e. The third kappa shape index (κ3) is 2.11. The van der Waals surface area contributed by atoms with Gasteiger partial charge in [0.1, 0.15) is 0 Å². The van der Waals surface area contributed by atoms with E-state index in [1.165, 1.54) is 16.0 Å². The predicted octanol–water partition coefficient (Wildman–Crippen LogP) is 3.52. The molecule has 0 amide bonds. The van der Waals surface area contributed by atoms with Crippen LogP contribution in [0.15, 0.2) is 29.6 Å². The van der Waals surface area contributed by atoms with Crippen molar-refractivity contribution in [1.82, 2.24) is 0 Å². The molecule has 1 aromatic heterocycles. The summed E-state index contributed by atoms with van der Waals surface area (Å²) in [4.78, 5) is 1.24. The minimum Gasteiger partial charge on any atom is -0.392 e. The number of benzene rings is 1. The van der Waals surface area contributed by atoms with E-state index >= 15 is 0 Å². The number of rotatable bonds is 2. The van der Waals surface area contributed by atoms with Crippen LogP contribution in [0.1, 0.15) is 16.7 Å². The maximum atomic E-state index is 9.28. The fourth-order valence-electron chi connectivity index (χ4n) is 1.63. The van der Waals surface area contributed by atoms with E-state index in [0.29, 0.717) is 0 Å². The van der Waals surface area contributed by atoms with Gasteiger partial charge in [-0.15, -0.1) is 11.3 Å². The van der Waals surface area contributed by atoms with E-state index in [4.69, 9.17) is 0 Å². The SMILES string of the molecule is Cc1csc(-c2cc(C)ccc2CO)c1. The number of hydrogen-bond donors (Lipinski definition) is 1. The molecule has 0 aliphatic carbocycles. The molecule has 0 saturated carbocycles. The lowest BCUT2D eigenvalue weighted by Gasteiger charge is -2.06. The summed E-state index contributed by atoms with van der Waals surface area (Å²) in [7, 11) is 0. The zero-order valence-electron chi connectivity index (χ0n) is 8.95. The molecule has 0 aliphatic rings. The highest BCUT2D eigenvalue weighted by Gasteiger charge is 2.06. The number of aliphatic hydroxyl groups excluding tert-OH is 1. The van der Waals surface area contributed by atoms with E-state index in [-0.39, 0.29) is 6.61 Å². The average Bonchev–Trinajstić information content (AvgIpc) is 2.65. The fraction of sp³-hybridized carbons (Fsp3) is 0.231. The lowest BCUT2D eigenvalue weighted by molar-refractivity contribution is 0.282. The van der Waals surface area contributed by atoms with Crippen molar-refractivity contribution >= 4 is 11.3 Å². The summed E-state index contributed by atoms with van der Waals surface area (Å²) < 4.78 is 0. The second-order valence-corrected chi connectivity index (χ2v) is 4.72.